The van der Waals surface area contributed by atoms with Gasteiger partial charge in [0, 0.05) is 10.4 Å². The summed E-state index contributed by atoms with van der Waals surface area (Å²) in [5, 5.41) is 11.9. The summed E-state index contributed by atoms with van der Waals surface area (Å²) in [6.45, 7) is 6.97. The zero-order valence-electron chi connectivity index (χ0n) is 12.0. The molecule has 0 saturated heterocycles. The van der Waals surface area contributed by atoms with Crippen molar-refractivity contribution in [3.05, 3.63) is 41.6 Å². The van der Waals surface area contributed by atoms with Crippen molar-refractivity contribution in [2.75, 3.05) is 0 Å². The van der Waals surface area contributed by atoms with Crippen LogP contribution in [0, 0.1) is 0 Å². The van der Waals surface area contributed by atoms with Gasteiger partial charge in [-0.25, -0.2) is 0 Å². The summed E-state index contributed by atoms with van der Waals surface area (Å²) in [4.78, 5) is 1.32. The third-order valence-corrected chi connectivity index (χ3v) is 4.48. The van der Waals surface area contributed by atoms with Crippen LogP contribution in [0.25, 0.3) is 0 Å². The summed E-state index contributed by atoms with van der Waals surface area (Å²) in [5.74, 6) is 1.39. The summed E-state index contributed by atoms with van der Waals surface area (Å²) in [6.07, 6.45) is 0.967. The first-order valence-corrected chi connectivity index (χ1v) is 7.71. The van der Waals surface area contributed by atoms with Gasteiger partial charge in [-0.1, -0.05) is 18.2 Å². The first-order chi connectivity index (χ1) is 9.51. The number of nitrogens with one attached hydrogen (secondary N) is 1. The summed E-state index contributed by atoms with van der Waals surface area (Å²) in [6, 6.07) is 8.47. The van der Waals surface area contributed by atoms with Gasteiger partial charge in [0.1, 0.15) is 0 Å². The van der Waals surface area contributed by atoms with Crippen LogP contribution in [0.4, 0.5) is 0 Å². The minimum Gasteiger partial charge on any atom is -0.423 e. The van der Waals surface area contributed by atoms with Crippen LogP contribution in [0.5, 0.6) is 0 Å². The molecule has 1 aromatic carbocycles. The van der Waals surface area contributed by atoms with E-state index in [4.69, 9.17) is 4.42 Å². The molecule has 1 aliphatic heterocycles. The van der Waals surface area contributed by atoms with E-state index in [1.807, 2.05) is 11.8 Å². The fourth-order valence-corrected chi connectivity index (χ4v) is 3.35. The second kappa shape index (κ2) is 5.22. The molecule has 2 heterocycles. The summed E-state index contributed by atoms with van der Waals surface area (Å²) in [7, 11) is 0. The Morgan fingerprint density at radius 1 is 1.30 bits per heavy atom. The normalized spacial score (nSPS) is 18.2. The van der Waals surface area contributed by atoms with E-state index in [-0.39, 0.29) is 10.8 Å². The van der Waals surface area contributed by atoms with Gasteiger partial charge in [0.2, 0.25) is 11.8 Å². The lowest BCUT2D eigenvalue weighted by molar-refractivity contribution is 0.370. The lowest BCUT2D eigenvalue weighted by Crippen LogP contribution is -2.35. The number of aromatic nitrogens is 2. The van der Waals surface area contributed by atoms with E-state index in [9.17, 15) is 0 Å². The summed E-state index contributed by atoms with van der Waals surface area (Å²) in [5.41, 5.74) is 1.42. The highest BCUT2D eigenvalue weighted by Gasteiger charge is 2.27. The molecule has 3 rings (SSSR count). The Kier molecular flexibility index (Phi) is 3.56. The largest absolute Gasteiger partial charge is 0.423 e. The van der Waals surface area contributed by atoms with E-state index in [2.05, 4.69) is 60.6 Å². The molecular formula is C15H19N3OS. The number of rotatable bonds is 3. The van der Waals surface area contributed by atoms with Gasteiger partial charge in [-0.05, 0) is 38.8 Å². The maximum Gasteiger partial charge on any atom is 0.230 e. The third kappa shape index (κ3) is 3.04. The highest BCUT2D eigenvalue weighted by molar-refractivity contribution is 7.99. The van der Waals surface area contributed by atoms with Gasteiger partial charge in [-0.2, -0.15) is 0 Å². The molecule has 0 saturated carbocycles. The number of nitrogens with zero attached hydrogens (tertiary/aromatic N) is 2. The Morgan fingerprint density at radius 2 is 2.10 bits per heavy atom. The van der Waals surface area contributed by atoms with Crippen molar-refractivity contribution in [3.63, 3.8) is 0 Å². The molecule has 4 nitrogen and oxygen atoms in total. The molecule has 0 bridgehead atoms. The topological polar surface area (TPSA) is 51.0 Å². The maximum atomic E-state index is 5.79. The number of hydrogen-bond donors (Lipinski definition) is 1. The van der Waals surface area contributed by atoms with E-state index in [0.29, 0.717) is 12.4 Å². The van der Waals surface area contributed by atoms with Crippen LogP contribution < -0.4 is 5.32 Å². The fraction of sp³-hybridized carbons (Fsp3) is 0.467. The Bertz CT molecular complexity index is 578. The van der Waals surface area contributed by atoms with Gasteiger partial charge >= 0.3 is 0 Å². The van der Waals surface area contributed by atoms with Crippen LogP contribution >= 0.6 is 11.8 Å². The first kappa shape index (κ1) is 13.6. The van der Waals surface area contributed by atoms with Crippen LogP contribution in [0.1, 0.15) is 43.4 Å². The number of benzene rings is 1. The van der Waals surface area contributed by atoms with Crippen molar-refractivity contribution in [2.45, 2.75) is 49.4 Å². The molecule has 20 heavy (non-hydrogen) atoms. The molecule has 2 aromatic rings. The Morgan fingerprint density at radius 3 is 2.85 bits per heavy atom. The lowest BCUT2D eigenvalue weighted by atomic mass is 10.1. The average molecular weight is 289 g/mol. The second-order valence-corrected chi connectivity index (χ2v) is 7.30. The highest BCUT2D eigenvalue weighted by Crippen LogP contribution is 2.45. The summed E-state index contributed by atoms with van der Waals surface area (Å²) >= 11 is 1.81. The van der Waals surface area contributed by atoms with Crippen LogP contribution in [-0.4, -0.2) is 15.7 Å². The Hall–Kier alpha value is -1.33. The van der Waals surface area contributed by atoms with E-state index >= 15 is 0 Å². The summed E-state index contributed by atoms with van der Waals surface area (Å²) < 4.78 is 5.79. The van der Waals surface area contributed by atoms with E-state index in [0.717, 1.165) is 12.3 Å². The van der Waals surface area contributed by atoms with Crippen molar-refractivity contribution < 1.29 is 4.42 Å². The average Bonchev–Trinajstić information content (AvgIpc) is 3.01. The highest BCUT2D eigenvalue weighted by atomic mass is 32.2. The number of thioether (sulfide) groups is 1. The second-order valence-electron chi connectivity index (χ2n) is 6.06. The molecule has 1 atom stereocenters. The molecule has 106 valence electrons. The zero-order chi connectivity index (χ0) is 14.2. The van der Waals surface area contributed by atoms with Crippen LogP contribution in [-0.2, 0) is 13.0 Å². The first-order valence-electron chi connectivity index (χ1n) is 6.83. The van der Waals surface area contributed by atoms with Crippen molar-refractivity contribution in [1.29, 1.82) is 0 Å². The SMILES string of the molecule is CC(C)(C)NCc1nnc(C2Cc3ccccc3S2)o1. The van der Waals surface area contributed by atoms with Crippen LogP contribution in [0.3, 0.4) is 0 Å². The molecule has 1 unspecified atom stereocenters. The molecule has 0 amide bonds. The molecule has 5 heteroatoms. The quantitative estimate of drug-likeness (QED) is 0.939. The monoisotopic (exact) mass is 289 g/mol. The van der Waals surface area contributed by atoms with Crippen molar-refractivity contribution in [2.24, 2.45) is 0 Å². The lowest BCUT2D eigenvalue weighted by Gasteiger charge is -2.18. The van der Waals surface area contributed by atoms with E-state index < -0.39 is 0 Å². The molecule has 0 radical (unpaired) electrons. The van der Waals surface area contributed by atoms with Gasteiger partial charge in [0.25, 0.3) is 0 Å². The number of fused-ring (bicyclic) bond motifs is 1. The fourth-order valence-electron chi connectivity index (χ4n) is 2.13. The van der Waals surface area contributed by atoms with E-state index in [1.54, 1.807) is 0 Å². The Labute approximate surface area is 123 Å². The number of hydrogen-bond acceptors (Lipinski definition) is 5. The minimum absolute atomic E-state index is 0.0486. The molecule has 1 aromatic heterocycles. The molecule has 1 aliphatic rings. The van der Waals surface area contributed by atoms with Crippen molar-refractivity contribution in [3.8, 4) is 0 Å². The third-order valence-electron chi connectivity index (χ3n) is 3.18. The molecule has 0 aliphatic carbocycles. The standard InChI is InChI=1S/C15H19N3OS/c1-15(2,3)16-9-13-17-18-14(19-13)12-8-10-6-4-5-7-11(10)20-12/h4-7,12,16H,8-9H2,1-3H3. The van der Waals surface area contributed by atoms with E-state index in [1.165, 1.54) is 10.5 Å². The molecule has 0 spiro atoms. The van der Waals surface area contributed by atoms with Crippen molar-refractivity contribution in [1.82, 2.24) is 15.5 Å². The van der Waals surface area contributed by atoms with Gasteiger partial charge < -0.3 is 9.73 Å². The maximum absolute atomic E-state index is 5.79. The predicted octanol–water partition coefficient (Wildman–Crippen LogP) is 3.35. The van der Waals surface area contributed by atoms with Crippen molar-refractivity contribution >= 4 is 11.8 Å². The molecule has 1 N–H and O–H groups in total. The smallest absolute Gasteiger partial charge is 0.230 e. The minimum atomic E-state index is 0.0486. The Balaban J connectivity index is 1.67. The van der Waals surface area contributed by atoms with Crippen LogP contribution in [0.2, 0.25) is 0 Å². The van der Waals surface area contributed by atoms with Gasteiger partial charge in [0.05, 0.1) is 11.8 Å². The molecular weight excluding hydrogens is 270 g/mol. The van der Waals surface area contributed by atoms with Gasteiger partial charge in [-0.15, -0.1) is 22.0 Å². The zero-order valence-corrected chi connectivity index (χ0v) is 12.8. The van der Waals surface area contributed by atoms with Gasteiger partial charge in [0.15, 0.2) is 0 Å². The molecule has 0 fully saturated rings. The predicted molar refractivity (Wildman–Crippen MR) is 79.6 cm³/mol. The van der Waals surface area contributed by atoms with Crippen LogP contribution in [0.15, 0.2) is 33.6 Å². The van der Waals surface area contributed by atoms with Gasteiger partial charge in [-0.3, -0.25) is 0 Å².